The predicted octanol–water partition coefficient (Wildman–Crippen LogP) is 3.02. The fourth-order valence-corrected chi connectivity index (χ4v) is 1.61. The Morgan fingerprint density at radius 3 is 2.61 bits per heavy atom. The van der Waals surface area contributed by atoms with E-state index in [0.29, 0.717) is 6.61 Å². The summed E-state index contributed by atoms with van der Waals surface area (Å²) in [5.41, 5.74) is 1.21. The Labute approximate surface area is 116 Å². The molecule has 0 unspecified atom stereocenters. The van der Waals surface area contributed by atoms with Gasteiger partial charge in [-0.25, -0.2) is 0 Å². The number of hydrogen-bond donors (Lipinski definition) is 1. The molecule has 4 heteroatoms. The molecule has 0 aliphatic carbocycles. The molecule has 104 valence electrons. The third-order valence-corrected chi connectivity index (χ3v) is 2.43. The maximum absolute atomic E-state index is 5.57. The number of hydrogen-bond acceptors (Lipinski definition) is 3. The van der Waals surface area contributed by atoms with Gasteiger partial charge in [-0.05, 0) is 32.9 Å². The molecule has 0 heterocycles. The van der Waals surface area contributed by atoms with Crippen LogP contribution in [0.1, 0.15) is 25.8 Å². The Morgan fingerprint density at radius 2 is 1.89 bits per heavy atom. The van der Waals surface area contributed by atoms with E-state index < -0.39 is 0 Å². The van der Waals surface area contributed by atoms with E-state index in [2.05, 4.69) is 11.4 Å². The van der Waals surface area contributed by atoms with E-state index in [1.54, 1.807) is 0 Å². The van der Waals surface area contributed by atoms with Crippen LogP contribution in [0.25, 0.3) is 0 Å². The van der Waals surface area contributed by atoms with Crippen LogP contribution in [0, 0.1) is 0 Å². The molecule has 0 saturated carbocycles. The number of ether oxygens (including phenoxy) is 2. The lowest BCUT2D eigenvalue weighted by molar-refractivity contribution is 0.144. The second kappa shape index (κ2) is 11.3. The lowest BCUT2D eigenvalue weighted by atomic mass is 10.2. The second-order valence-electron chi connectivity index (χ2n) is 3.77. The lowest BCUT2D eigenvalue weighted by Gasteiger charge is -2.10. The maximum atomic E-state index is 5.57. The second-order valence-corrected chi connectivity index (χ2v) is 3.77. The predicted molar refractivity (Wildman–Crippen MR) is 77.7 cm³/mol. The van der Waals surface area contributed by atoms with Crippen LogP contribution in [-0.4, -0.2) is 26.4 Å². The van der Waals surface area contributed by atoms with E-state index in [4.69, 9.17) is 9.47 Å². The first-order valence-electron chi connectivity index (χ1n) is 6.37. The van der Waals surface area contributed by atoms with Gasteiger partial charge in [-0.3, -0.25) is 0 Å². The van der Waals surface area contributed by atoms with Gasteiger partial charge in [-0.2, -0.15) is 0 Å². The summed E-state index contributed by atoms with van der Waals surface area (Å²) in [6.07, 6.45) is 1.05. The van der Waals surface area contributed by atoms with Gasteiger partial charge in [0, 0.05) is 25.3 Å². The fourth-order valence-electron chi connectivity index (χ4n) is 1.61. The Bertz CT molecular complexity index is 308. The minimum Gasteiger partial charge on any atom is -0.494 e. The summed E-state index contributed by atoms with van der Waals surface area (Å²) in [5, 5.41) is 3.40. The minimum absolute atomic E-state index is 0. The van der Waals surface area contributed by atoms with Gasteiger partial charge in [-0.15, -0.1) is 12.4 Å². The number of rotatable bonds is 9. The molecule has 0 saturated heterocycles. The monoisotopic (exact) mass is 273 g/mol. The number of benzene rings is 1. The summed E-state index contributed by atoms with van der Waals surface area (Å²) in [6, 6.07) is 8.16. The molecule has 0 amide bonds. The summed E-state index contributed by atoms with van der Waals surface area (Å²) in [7, 11) is 0. The third kappa shape index (κ3) is 6.84. The molecule has 0 aliphatic heterocycles. The lowest BCUT2D eigenvalue weighted by Crippen LogP contribution is -2.17. The van der Waals surface area contributed by atoms with Crippen molar-refractivity contribution < 1.29 is 9.47 Å². The van der Waals surface area contributed by atoms with Gasteiger partial charge in [0.1, 0.15) is 5.75 Å². The summed E-state index contributed by atoms with van der Waals surface area (Å²) in [4.78, 5) is 0. The highest BCUT2D eigenvalue weighted by molar-refractivity contribution is 5.85. The topological polar surface area (TPSA) is 30.5 Å². The van der Waals surface area contributed by atoms with E-state index in [1.165, 1.54) is 5.56 Å². The molecule has 1 aromatic carbocycles. The molecule has 0 atom stereocenters. The summed E-state index contributed by atoms with van der Waals surface area (Å²) in [5.74, 6) is 0.979. The van der Waals surface area contributed by atoms with Gasteiger partial charge in [-0.1, -0.05) is 18.2 Å². The molecular formula is C14H24ClNO2. The van der Waals surface area contributed by atoms with Crippen LogP contribution in [0.4, 0.5) is 0 Å². The maximum Gasteiger partial charge on any atom is 0.123 e. The molecule has 1 rings (SSSR count). The van der Waals surface area contributed by atoms with E-state index in [1.807, 2.05) is 32.0 Å². The average Bonchev–Trinajstić information content (AvgIpc) is 2.36. The van der Waals surface area contributed by atoms with Crippen LogP contribution in [0.5, 0.6) is 5.75 Å². The molecule has 18 heavy (non-hydrogen) atoms. The fraction of sp³-hybridized carbons (Fsp3) is 0.571. The van der Waals surface area contributed by atoms with Crippen LogP contribution in [0.15, 0.2) is 24.3 Å². The molecule has 0 aliphatic rings. The highest BCUT2D eigenvalue weighted by Crippen LogP contribution is 2.17. The SMILES string of the molecule is CCOCCCNCc1ccccc1OCC.Cl. The standard InChI is InChI=1S/C14H23NO2.ClH/c1-3-16-11-7-10-15-12-13-8-5-6-9-14(13)17-4-2;/h5-6,8-9,15H,3-4,7,10-12H2,1-2H3;1H. The summed E-state index contributed by atoms with van der Waals surface area (Å²) < 4.78 is 10.9. The molecule has 1 aromatic rings. The number of halogens is 1. The Kier molecular flexibility index (Phi) is 10.8. The third-order valence-electron chi connectivity index (χ3n) is 2.43. The van der Waals surface area contributed by atoms with Crippen molar-refractivity contribution in [3.05, 3.63) is 29.8 Å². The van der Waals surface area contributed by atoms with Crippen LogP contribution in [-0.2, 0) is 11.3 Å². The summed E-state index contributed by atoms with van der Waals surface area (Å²) in [6.45, 7) is 8.19. The van der Waals surface area contributed by atoms with E-state index in [9.17, 15) is 0 Å². The van der Waals surface area contributed by atoms with Crippen LogP contribution in [0.2, 0.25) is 0 Å². The molecule has 1 N–H and O–H groups in total. The van der Waals surface area contributed by atoms with Crippen LogP contribution < -0.4 is 10.1 Å². The smallest absolute Gasteiger partial charge is 0.123 e. The van der Waals surface area contributed by atoms with Crippen molar-refractivity contribution in [3.63, 3.8) is 0 Å². The summed E-state index contributed by atoms with van der Waals surface area (Å²) >= 11 is 0. The average molecular weight is 274 g/mol. The highest BCUT2D eigenvalue weighted by atomic mass is 35.5. The van der Waals surface area contributed by atoms with E-state index in [0.717, 1.165) is 38.5 Å². The van der Waals surface area contributed by atoms with Crippen LogP contribution >= 0.6 is 12.4 Å². The van der Waals surface area contributed by atoms with E-state index in [-0.39, 0.29) is 12.4 Å². The van der Waals surface area contributed by atoms with Crippen molar-refractivity contribution in [1.82, 2.24) is 5.32 Å². The molecule has 3 nitrogen and oxygen atoms in total. The van der Waals surface area contributed by atoms with Gasteiger partial charge < -0.3 is 14.8 Å². The molecule has 0 aromatic heterocycles. The van der Waals surface area contributed by atoms with Crippen molar-refractivity contribution >= 4 is 12.4 Å². The van der Waals surface area contributed by atoms with Gasteiger partial charge >= 0.3 is 0 Å². The van der Waals surface area contributed by atoms with Gasteiger partial charge in [0.2, 0.25) is 0 Å². The zero-order chi connectivity index (χ0) is 12.3. The van der Waals surface area contributed by atoms with Crippen LogP contribution in [0.3, 0.4) is 0 Å². The van der Waals surface area contributed by atoms with Gasteiger partial charge in [0.25, 0.3) is 0 Å². The highest BCUT2D eigenvalue weighted by Gasteiger charge is 2.00. The Morgan fingerprint density at radius 1 is 1.11 bits per heavy atom. The normalized spacial score (nSPS) is 9.89. The minimum atomic E-state index is 0. The zero-order valence-corrected chi connectivity index (χ0v) is 12.1. The number of para-hydroxylation sites is 1. The molecular weight excluding hydrogens is 250 g/mol. The quantitative estimate of drug-likeness (QED) is 0.702. The zero-order valence-electron chi connectivity index (χ0n) is 11.3. The molecule has 0 bridgehead atoms. The number of nitrogens with one attached hydrogen (secondary N) is 1. The first kappa shape index (κ1) is 17.2. The Hall–Kier alpha value is -0.770. The van der Waals surface area contributed by atoms with Crippen molar-refractivity contribution in [2.75, 3.05) is 26.4 Å². The molecule has 0 radical (unpaired) electrons. The first-order valence-corrected chi connectivity index (χ1v) is 6.37. The largest absolute Gasteiger partial charge is 0.494 e. The van der Waals surface area contributed by atoms with Crippen molar-refractivity contribution in [2.24, 2.45) is 0 Å². The van der Waals surface area contributed by atoms with Crippen molar-refractivity contribution in [1.29, 1.82) is 0 Å². The van der Waals surface area contributed by atoms with Crippen molar-refractivity contribution in [3.8, 4) is 5.75 Å². The molecule has 0 spiro atoms. The molecule has 0 fully saturated rings. The van der Waals surface area contributed by atoms with Gasteiger partial charge in [0.05, 0.1) is 6.61 Å². The van der Waals surface area contributed by atoms with Gasteiger partial charge in [0.15, 0.2) is 0 Å². The first-order chi connectivity index (χ1) is 8.38. The Balaban J connectivity index is 0.00000289. The van der Waals surface area contributed by atoms with Crippen molar-refractivity contribution in [2.45, 2.75) is 26.8 Å². The van der Waals surface area contributed by atoms with E-state index >= 15 is 0 Å².